The molecule has 0 spiro atoms. The number of nitrogen functional groups attached to an aromatic ring is 1. The maximum Gasteiger partial charge on any atom is 0.394 e. The van der Waals surface area contributed by atoms with Crippen LogP contribution in [-0.4, -0.2) is 64.0 Å². The van der Waals surface area contributed by atoms with Crippen LogP contribution in [-0.2, 0) is 9.59 Å². The van der Waals surface area contributed by atoms with Gasteiger partial charge in [0, 0.05) is 11.4 Å². The lowest BCUT2D eigenvalue weighted by molar-refractivity contribution is -0.959. The molecule has 0 aliphatic heterocycles. The summed E-state index contributed by atoms with van der Waals surface area (Å²) < 4.78 is -0.125. The predicted octanol–water partition coefficient (Wildman–Crippen LogP) is -1.43. The molecule has 9 heteroatoms. The summed E-state index contributed by atoms with van der Waals surface area (Å²) in [6, 6.07) is 6.28. The first-order valence-electron chi connectivity index (χ1n) is 5.84. The summed E-state index contributed by atoms with van der Waals surface area (Å²) in [5.74, 6) is -2.60. The first kappa shape index (κ1) is 18.8. The number of carboxylic acids is 1. The average Bonchev–Trinajstić information content (AvgIpc) is 2.47. The molecule has 0 radical (unpaired) electrons. The van der Waals surface area contributed by atoms with Crippen molar-refractivity contribution in [2.45, 2.75) is 0 Å². The van der Waals surface area contributed by atoms with Crippen LogP contribution >= 0.6 is 0 Å². The van der Waals surface area contributed by atoms with E-state index in [0.717, 1.165) is 0 Å². The molecule has 0 aliphatic rings. The molecule has 0 atom stereocenters. The Morgan fingerprint density at radius 3 is 2.05 bits per heavy atom. The van der Waals surface area contributed by atoms with E-state index in [-0.39, 0.29) is 24.7 Å². The third-order valence-electron chi connectivity index (χ3n) is 2.36. The molecular formula is C12H20N3O6+. The van der Waals surface area contributed by atoms with E-state index in [1.54, 1.807) is 25.2 Å². The first-order valence-corrected chi connectivity index (χ1v) is 5.84. The number of quaternary nitrogens is 1. The molecule has 0 aliphatic carbocycles. The zero-order valence-electron chi connectivity index (χ0n) is 11.6. The van der Waals surface area contributed by atoms with E-state index >= 15 is 0 Å². The third kappa shape index (κ3) is 7.22. The Bertz CT molecular complexity index is 468. The number of nitrogens with one attached hydrogen (secondary N) is 1. The van der Waals surface area contributed by atoms with E-state index < -0.39 is 11.9 Å². The standard InChI is InChI=1S/C8H8N2O3.C4H12NO3/c9-5-2-1-3-6(4-5)10-7(11)8(12)13;1-5(2-6,3-7)4-8/h1-4H,9H2,(H,10,11)(H,12,13);6-8H,2-4H2,1H3/q;+1. The second kappa shape index (κ2) is 8.87. The summed E-state index contributed by atoms with van der Waals surface area (Å²) in [5, 5.41) is 35.7. The van der Waals surface area contributed by atoms with Gasteiger partial charge in [-0.3, -0.25) is 9.28 Å². The first-order chi connectivity index (χ1) is 9.77. The zero-order valence-corrected chi connectivity index (χ0v) is 11.6. The van der Waals surface area contributed by atoms with Gasteiger partial charge < -0.3 is 31.5 Å². The number of amides is 1. The van der Waals surface area contributed by atoms with Gasteiger partial charge in [0.25, 0.3) is 0 Å². The summed E-state index contributed by atoms with van der Waals surface area (Å²) in [5.41, 5.74) is 6.24. The van der Waals surface area contributed by atoms with Crippen molar-refractivity contribution in [2.75, 3.05) is 38.3 Å². The molecule has 0 heterocycles. The molecule has 7 N–H and O–H groups in total. The van der Waals surface area contributed by atoms with Crippen LogP contribution in [0, 0.1) is 0 Å². The third-order valence-corrected chi connectivity index (χ3v) is 2.36. The van der Waals surface area contributed by atoms with Crippen LogP contribution < -0.4 is 11.1 Å². The van der Waals surface area contributed by atoms with Crippen LogP contribution in [0.2, 0.25) is 0 Å². The Hall–Kier alpha value is -2.20. The van der Waals surface area contributed by atoms with Crippen molar-refractivity contribution < 1.29 is 34.5 Å². The van der Waals surface area contributed by atoms with Crippen LogP contribution in [0.3, 0.4) is 0 Å². The Balaban J connectivity index is 0.000000433. The minimum atomic E-state index is -1.53. The van der Waals surface area contributed by atoms with Crippen LogP contribution in [0.25, 0.3) is 0 Å². The number of rotatable bonds is 4. The molecule has 0 saturated carbocycles. The fraction of sp³-hybridized carbons (Fsp3) is 0.333. The largest absolute Gasteiger partial charge is 0.474 e. The fourth-order valence-electron chi connectivity index (χ4n) is 0.935. The molecule has 118 valence electrons. The number of nitrogens with two attached hydrogens (primary N) is 1. The molecule has 21 heavy (non-hydrogen) atoms. The van der Waals surface area contributed by atoms with Crippen molar-refractivity contribution in [3.05, 3.63) is 24.3 Å². The minimum Gasteiger partial charge on any atom is -0.474 e. The number of aliphatic hydroxyl groups is 3. The summed E-state index contributed by atoms with van der Waals surface area (Å²) in [7, 11) is 1.54. The molecule has 0 unspecified atom stereocenters. The maximum absolute atomic E-state index is 10.7. The van der Waals surface area contributed by atoms with E-state index in [0.29, 0.717) is 11.4 Å². The Labute approximate surface area is 121 Å². The Morgan fingerprint density at radius 1 is 1.19 bits per heavy atom. The van der Waals surface area contributed by atoms with Crippen molar-refractivity contribution in [1.29, 1.82) is 0 Å². The number of carboxylic acid groups (broad SMARTS) is 1. The monoisotopic (exact) mass is 302 g/mol. The molecule has 1 aromatic carbocycles. The second-order valence-corrected chi connectivity index (χ2v) is 4.43. The van der Waals surface area contributed by atoms with Crippen LogP contribution in [0.15, 0.2) is 24.3 Å². The maximum atomic E-state index is 10.7. The molecular weight excluding hydrogens is 282 g/mol. The number of benzene rings is 1. The molecule has 0 bridgehead atoms. The number of aliphatic carboxylic acids is 1. The molecule has 1 rings (SSSR count). The number of hydrogen-bond donors (Lipinski definition) is 6. The van der Waals surface area contributed by atoms with Crippen molar-refractivity contribution >= 4 is 23.3 Å². The molecule has 0 saturated heterocycles. The molecule has 1 aromatic rings. The van der Waals surface area contributed by atoms with E-state index in [4.69, 9.17) is 26.2 Å². The lowest BCUT2D eigenvalue weighted by atomic mass is 10.3. The van der Waals surface area contributed by atoms with Gasteiger partial charge in [-0.15, -0.1) is 0 Å². The quantitative estimate of drug-likeness (QED) is 0.172. The van der Waals surface area contributed by atoms with Gasteiger partial charge in [-0.25, -0.2) is 4.79 Å². The highest BCUT2D eigenvalue weighted by Gasteiger charge is 2.15. The number of carbonyl (C=O) groups is 2. The Morgan fingerprint density at radius 2 is 1.71 bits per heavy atom. The molecule has 1 amide bonds. The van der Waals surface area contributed by atoms with Crippen LogP contribution in [0.4, 0.5) is 11.4 Å². The highest BCUT2D eigenvalue weighted by molar-refractivity contribution is 6.36. The van der Waals surface area contributed by atoms with Gasteiger partial charge in [0.2, 0.25) is 0 Å². The van der Waals surface area contributed by atoms with Crippen molar-refractivity contribution in [3.8, 4) is 0 Å². The Kier molecular flexibility index (Phi) is 7.94. The average molecular weight is 302 g/mol. The summed E-state index contributed by atoms with van der Waals surface area (Å²) in [6.45, 7) is -0.729. The highest BCUT2D eigenvalue weighted by atomic mass is 16.4. The van der Waals surface area contributed by atoms with E-state index in [1.165, 1.54) is 6.07 Å². The number of anilines is 2. The van der Waals surface area contributed by atoms with Gasteiger partial charge >= 0.3 is 11.9 Å². The van der Waals surface area contributed by atoms with E-state index in [2.05, 4.69) is 5.32 Å². The summed E-state index contributed by atoms with van der Waals surface area (Å²) >= 11 is 0. The number of hydrogen-bond acceptors (Lipinski definition) is 6. The van der Waals surface area contributed by atoms with Gasteiger partial charge in [-0.05, 0) is 18.2 Å². The molecule has 9 nitrogen and oxygen atoms in total. The summed E-state index contributed by atoms with van der Waals surface area (Å²) in [6.07, 6.45) is 0. The zero-order chi connectivity index (χ0) is 16.5. The van der Waals surface area contributed by atoms with Crippen molar-refractivity contribution in [1.82, 2.24) is 0 Å². The smallest absolute Gasteiger partial charge is 0.394 e. The van der Waals surface area contributed by atoms with E-state index in [9.17, 15) is 9.59 Å². The van der Waals surface area contributed by atoms with Crippen molar-refractivity contribution in [3.63, 3.8) is 0 Å². The highest BCUT2D eigenvalue weighted by Crippen LogP contribution is 2.11. The summed E-state index contributed by atoms with van der Waals surface area (Å²) in [4.78, 5) is 20.8. The van der Waals surface area contributed by atoms with Crippen molar-refractivity contribution in [2.24, 2.45) is 0 Å². The number of nitrogens with zero attached hydrogens (tertiary/aromatic N) is 1. The lowest BCUT2D eigenvalue weighted by Crippen LogP contribution is -2.46. The SMILES string of the molecule is C[N+](CO)(CO)CO.Nc1cccc(NC(=O)C(=O)O)c1. The fourth-order valence-corrected chi connectivity index (χ4v) is 0.935. The molecule has 0 aromatic heterocycles. The second-order valence-electron chi connectivity index (χ2n) is 4.43. The van der Waals surface area contributed by atoms with Gasteiger partial charge in [-0.1, -0.05) is 6.07 Å². The molecule has 0 fully saturated rings. The van der Waals surface area contributed by atoms with Gasteiger partial charge in [0.05, 0.1) is 7.05 Å². The van der Waals surface area contributed by atoms with Crippen LogP contribution in [0.1, 0.15) is 0 Å². The lowest BCUT2D eigenvalue weighted by Gasteiger charge is -2.25. The normalized spacial score (nSPS) is 10.3. The van der Waals surface area contributed by atoms with Crippen LogP contribution in [0.5, 0.6) is 0 Å². The topological polar surface area (TPSA) is 153 Å². The van der Waals surface area contributed by atoms with Gasteiger partial charge in [0.1, 0.15) is 0 Å². The minimum absolute atomic E-state index is 0.125. The van der Waals surface area contributed by atoms with Gasteiger partial charge in [0.15, 0.2) is 20.2 Å². The predicted molar refractivity (Wildman–Crippen MR) is 74.6 cm³/mol. The number of carbonyl (C=O) groups excluding carboxylic acids is 1. The van der Waals surface area contributed by atoms with E-state index in [1.807, 2.05) is 0 Å². The van der Waals surface area contributed by atoms with Gasteiger partial charge in [-0.2, -0.15) is 0 Å². The number of aliphatic hydroxyl groups excluding tert-OH is 3.